The number of rotatable bonds is 5. The predicted molar refractivity (Wildman–Crippen MR) is 112 cm³/mol. The monoisotopic (exact) mass is 429 g/mol. The average molecular weight is 430 g/mol. The van der Waals surface area contributed by atoms with E-state index >= 15 is 0 Å². The van der Waals surface area contributed by atoms with Gasteiger partial charge < -0.3 is 9.47 Å². The third-order valence-electron chi connectivity index (χ3n) is 4.63. The molecule has 0 unspecified atom stereocenters. The lowest BCUT2D eigenvalue weighted by atomic mass is 10.2. The molecule has 29 heavy (non-hydrogen) atoms. The fourth-order valence-corrected chi connectivity index (χ4v) is 5.21. The molecule has 1 aliphatic rings. The number of carbonyl (C=O) groups is 2. The van der Waals surface area contributed by atoms with Crippen molar-refractivity contribution >= 4 is 34.5 Å². The quantitative estimate of drug-likeness (QED) is 0.607. The maximum atomic E-state index is 12.4. The van der Waals surface area contributed by atoms with Crippen molar-refractivity contribution in [3.8, 4) is 22.1 Å². The van der Waals surface area contributed by atoms with Crippen molar-refractivity contribution in [3.05, 3.63) is 50.7 Å². The highest BCUT2D eigenvalue weighted by molar-refractivity contribution is 7.14. The van der Waals surface area contributed by atoms with Crippen molar-refractivity contribution in [2.45, 2.75) is 19.3 Å². The van der Waals surface area contributed by atoms with E-state index in [4.69, 9.17) is 9.47 Å². The van der Waals surface area contributed by atoms with Gasteiger partial charge in [0, 0.05) is 10.3 Å². The lowest BCUT2D eigenvalue weighted by Crippen LogP contribution is -2.41. The summed E-state index contributed by atoms with van der Waals surface area (Å²) in [5, 5.41) is 2.25. The highest BCUT2D eigenvalue weighted by atomic mass is 32.1. The van der Waals surface area contributed by atoms with Crippen LogP contribution in [0.1, 0.15) is 37.0 Å². The van der Waals surface area contributed by atoms with E-state index < -0.39 is 5.91 Å². The molecule has 2 aromatic heterocycles. The van der Waals surface area contributed by atoms with Gasteiger partial charge in [-0.15, -0.1) is 22.7 Å². The molecule has 0 aliphatic heterocycles. The SMILES string of the molecule is COc1cccc(-c2nc(C(=O)NNC(=O)c3cc4c(s3)CCC4)cs2)c1OC. The number of nitrogens with zero attached hydrogens (tertiary/aromatic N) is 1. The van der Waals surface area contributed by atoms with E-state index in [2.05, 4.69) is 15.8 Å². The molecule has 7 nitrogen and oxygen atoms in total. The number of aryl methyl sites for hydroxylation is 2. The summed E-state index contributed by atoms with van der Waals surface area (Å²) in [5.74, 6) is 0.339. The third kappa shape index (κ3) is 3.83. The van der Waals surface area contributed by atoms with Crippen LogP contribution in [0.2, 0.25) is 0 Å². The number of benzene rings is 1. The van der Waals surface area contributed by atoms with Crippen molar-refractivity contribution in [1.29, 1.82) is 0 Å². The molecule has 3 aromatic rings. The van der Waals surface area contributed by atoms with E-state index in [-0.39, 0.29) is 11.6 Å². The minimum Gasteiger partial charge on any atom is -0.493 e. The van der Waals surface area contributed by atoms with Crippen molar-refractivity contribution in [3.63, 3.8) is 0 Å². The molecule has 2 N–H and O–H groups in total. The Labute approximate surface area is 175 Å². The number of fused-ring (bicyclic) bond motifs is 1. The van der Waals surface area contributed by atoms with Gasteiger partial charge in [-0.05, 0) is 43.0 Å². The minimum absolute atomic E-state index is 0.212. The van der Waals surface area contributed by atoms with Crippen molar-refractivity contribution < 1.29 is 19.1 Å². The Kier molecular flexibility index (Phi) is 5.50. The second-order valence-electron chi connectivity index (χ2n) is 6.40. The number of amides is 2. The number of hydrogen-bond donors (Lipinski definition) is 2. The van der Waals surface area contributed by atoms with Gasteiger partial charge in [-0.25, -0.2) is 4.98 Å². The Balaban J connectivity index is 1.44. The third-order valence-corrected chi connectivity index (χ3v) is 6.74. The van der Waals surface area contributed by atoms with Gasteiger partial charge >= 0.3 is 0 Å². The highest BCUT2D eigenvalue weighted by Crippen LogP contribution is 2.39. The Morgan fingerprint density at radius 3 is 2.69 bits per heavy atom. The number of hydrazine groups is 1. The number of thiazole rings is 1. The number of thiophene rings is 1. The summed E-state index contributed by atoms with van der Waals surface area (Å²) < 4.78 is 10.7. The zero-order valence-electron chi connectivity index (χ0n) is 15.9. The van der Waals surface area contributed by atoms with Gasteiger partial charge in [0.15, 0.2) is 11.5 Å². The van der Waals surface area contributed by atoms with E-state index in [0.717, 1.165) is 24.8 Å². The number of aromatic nitrogens is 1. The maximum Gasteiger partial charge on any atom is 0.289 e. The standard InChI is InChI=1S/C20H19N3O4S2/c1-26-14-7-4-6-12(17(14)27-2)20-21-13(10-28-20)18(24)22-23-19(25)16-9-11-5-3-8-15(11)29-16/h4,6-7,9-10H,3,5,8H2,1-2H3,(H,22,24)(H,23,25). The lowest BCUT2D eigenvalue weighted by molar-refractivity contribution is 0.0846. The molecule has 1 aliphatic carbocycles. The number of para-hydroxylation sites is 1. The van der Waals surface area contributed by atoms with E-state index in [0.29, 0.717) is 21.4 Å². The average Bonchev–Trinajstić information content (AvgIpc) is 3.47. The molecule has 0 spiro atoms. The van der Waals surface area contributed by atoms with Gasteiger partial charge in [-0.1, -0.05) is 6.07 Å². The van der Waals surface area contributed by atoms with Gasteiger partial charge in [0.1, 0.15) is 10.7 Å². The molecule has 9 heteroatoms. The van der Waals surface area contributed by atoms with Crippen LogP contribution in [-0.2, 0) is 12.8 Å². The smallest absolute Gasteiger partial charge is 0.289 e. The lowest BCUT2D eigenvalue weighted by Gasteiger charge is -2.10. The fraction of sp³-hybridized carbons (Fsp3) is 0.250. The molecule has 1 aromatic carbocycles. The van der Waals surface area contributed by atoms with Crippen LogP contribution in [0.3, 0.4) is 0 Å². The fourth-order valence-electron chi connectivity index (χ4n) is 3.24. The van der Waals surface area contributed by atoms with E-state index in [9.17, 15) is 9.59 Å². The summed E-state index contributed by atoms with van der Waals surface area (Å²) >= 11 is 2.79. The first-order chi connectivity index (χ1) is 14.1. The van der Waals surface area contributed by atoms with Crippen molar-refractivity contribution in [2.24, 2.45) is 0 Å². The van der Waals surface area contributed by atoms with Crippen LogP contribution in [0, 0.1) is 0 Å². The van der Waals surface area contributed by atoms with Gasteiger partial charge in [0.25, 0.3) is 11.8 Å². The molecule has 0 bridgehead atoms. The number of nitrogens with one attached hydrogen (secondary N) is 2. The number of carbonyl (C=O) groups excluding carboxylic acids is 2. The van der Waals surface area contributed by atoms with E-state index in [1.165, 1.54) is 33.1 Å². The highest BCUT2D eigenvalue weighted by Gasteiger charge is 2.20. The predicted octanol–water partition coefficient (Wildman–Crippen LogP) is 3.45. The zero-order valence-corrected chi connectivity index (χ0v) is 17.5. The van der Waals surface area contributed by atoms with E-state index in [1.807, 2.05) is 18.2 Å². The Morgan fingerprint density at radius 2 is 1.93 bits per heavy atom. The molecule has 2 heterocycles. The summed E-state index contributed by atoms with van der Waals surface area (Å²) in [6.45, 7) is 0. The molecule has 4 rings (SSSR count). The summed E-state index contributed by atoms with van der Waals surface area (Å²) in [6, 6.07) is 7.38. The van der Waals surface area contributed by atoms with Crippen LogP contribution in [0.5, 0.6) is 11.5 Å². The molecule has 0 saturated carbocycles. The van der Waals surface area contributed by atoms with Crippen LogP contribution in [0.4, 0.5) is 0 Å². The van der Waals surface area contributed by atoms with Crippen LogP contribution in [0.15, 0.2) is 29.6 Å². The molecule has 0 saturated heterocycles. The molecule has 2 amide bonds. The Morgan fingerprint density at radius 1 is 1.10 bits per heavy atom. The van der Waals surface area contributed by atoms with Crippen LogP contribution in [0.25, 0.3) is 10.6 Å². The second-order valence-corrected chi connectivity index (χ2v) is 8.39. The first-order valence-corrected chi connectivity index (χ1v) is 10.7. The first kappa shape index (κ1) is 19.4. The minimum atomic E-state index is -0.480. The number of methoxy groups -OCH3 is 2. The normalized spacial score (nSPS) is 12.3. The first-order valence-electron chi connectivity index (χ1n) is 9.00. The van der Waals surface area contributed by atoms with E-state index in [1.54, 1.807) is 25.7 Å². The molecule has 150 valence electrons. The topological polar surface area (TPSA) is 89.5 Å². The molecule has 0 fully saturated rings. The Hall–Kier alpha value is -2.91. The number of hydrogen-bond acceptors (Lipinski definition) is 7. The van der Waals surface area contributed by atoms with Gasteiger partial charge in [-0.2, -0.15) is 0 Å². The van der Waals surface area contributed by atoms with Crippen LogP contribution >= 0.6 is 22.7 Å². The molecular formula is C20H19N3O4S2. The van der Waals surface area contributed by atoms with Gasteiger partial charge in [-0.3, -0.25) is 20.4 Å². The van der Waals surface area contributed by atoms with Crippen molar-refractivity contribution in [1.82, 2.24) is 15.8 Å². The summed E-state index contributed by atoms with van der Waals surface area (Å²) in [4.78, 5) is 31.0. The van der Waals surface area contributed by atoms with Crippen LogP contribution in [-0.4, -0.2) is 31.0 Å². The van der Waals surface area contributed by atoms with Crippen molar-refractivity contribution in [2.75, 3.05) is 14.2 Å². The molecular weight excluding hydrogens is 410 g/mol. The zero-order chi connectivity index (χ0) is 20.4. The largest absolute Gasteiger partial charge is 0.493 e. The maximum absolute atomic E-state index is 12.4. The van der Waals surface area contributed by atoms with Crippen LogP contribution < -0.4 is 20.3 Å². The molecule has 0 atom stereocenters. The van der Waals surface area contributed by atoms with Gasteiger partial charge in [0.2, 0.25) is 0 Å². The summed E-state index contributed by atoms with van der Waals surface area (Å²) in [5.41, 5.74) is 7.08. The summed E-state index contributed by atoms with van der Waals surface area (Å²) in [6.07, 6.45) is 3.18. The Bertz CT molecular complexity index is 1050. The number of ether oxygens (including phenoxy) is 2. The molecule has 0 radical (unpaired) electrons. The van der Waals surface area contributed by atoms with Gasteiger partial charge in [0.05, 0.1) is 24.7 Å². The summed E-state index contributed by atoms with van der Waals surface area (Å²) in [7, 11) is 3.12. The second kappa shape index (κ2) is 8.22.